The van der Waals surface area contributed by atoms with Crippen LogP contribution in [0.3, 0.4) is 0 Å². The zero-order valence-corrected chi connectivity index (χ0v) is 15.0. The van der Waals surface area contributed by atoms with Crippen LogP contribution in [0.15, 0.2) is 34.9 Å². The van der Waals surface area contributed by atoms with E-state index >= 15 is 0 Å². The number of hydrogen-bond donors (Lipinski definition) is 3. The molecule has 0 aromatic carbocycles. The minimum Gasteiger partial charge on any atom is -0.393 e. The van der Waals surface area contributed by atoms with E-state index in [0.717, 1.165) is 32.1 Å². The van der Waals surface area contributed by atoms with Gasteiger partial charge in [-0.1, -0.05) is 37.6 Å². The molecule has 0 aromatic heterocycles. The van der Waals surface area contributed by atoms with E-state index in [0.29, 0.717) is 12.3 Å². The number of aliphatic hydroxyl groups is 3. The Morgan fingerprint density at radius 3 is 2.62 bits per heavy atom. The maximum atomic E-state index is 11.2. The molecule has 0 heterocycles. The van der Waals surface area contributed by atoms with Crippen LogP contribution in [0.4, 0.5) is 0 Å². The lowest BCUT2D eigenvalue weighted by atomic mass is 9.54. The smallest absolute Gasteiger partial charge is 0.0964 e. The molecule has 2 fully saturated rings. The second-order valence-electron chi connectivity index (χ2n) is 8.97. The number of hydrogen-bond acceptors (Lipinski definition) is 3. The summed E-state index contributed by atoms with van der Waals surface area (Å²) in [6, 6.07) is 0. The standard InChI is InChI=1S/C21H30O3/c1-13(22)21(24)11-8-18-16-5-4-14-12-15(23)6-9-19(14,2)17(16)7-10-20(18,21)3/h4-5,7,13,15,18,22-24H,6,8-12H2,1-3H3/t13-,15+,18+,19+,20+,21+/m1/s1. The summed E-state index contributed by atoms with van der Waals surface area (Å²) < 4.78 is 0. The van der Waals surface area contributed by atoms with Crippen molar-refractivity contribution in [3.63, 3.8) is 0 Å². The summed E-state index contributed by atoms with van der Waals surface area (Å²) in [4.78, 5) is 0. The third-order valence-corrected chi connectivity index (χ3v) is 7.88. The molecule has 2 saturated carbocycles. The summed E-state index contributed by atoms with van der Waals surface area (Å²) in [5.41, 5.74) is 2.87. The SMILES string of the molecule is C[C@@H](O)[C@@]1(O)CC[C@H]2C3=CC=C4C[C@@H](O)CC[C@]4(C)C3=CC[C@@]21C. The van der Waals surface area contributed by atoms with Crippen molar-refractivity contribution >= 4 is 0 Å². The summed E-state index contributed by atoms with van der Waals surface area (Å²) in [5, 5.41) is 31.5. The fraction of sp³-hybridized carbons (Fsp3) is 0.714. The molecule has 4 rings (SSSR count). The highest BCUT2D eigenvalue weighted by atomic mass is 16.3. The molecule has 0 radical (unpaired) electrons. The first-order chi connectivity index (χ1) is 11.2. The van der Waals surface area contributed by atoms with Gasteiger partial charge in [-0.05, 0) is 62.5 Å². The van der Waals surface area contributed by atoms with Crippen LogP contribution in [0.5, 0.6) is 0 Å². The van der Waals surface area contributed by atoms with Crippen LogP contribution in [0.1, 0.15) is 59.3 Å². The van der Waals surface area contributed by atoms with E-state index in [1.54, 1.807) is 6.92 Å². The van der Waals surface area contributed by atoms with Crippen molar-refractivity contribution in [2.24, 2.45) is 16.7 Å². The van der Waals surface area contributed by atoms with Crippen LogP contribution >= 0.6 is 0 Å². The molecule has 0 amide bonds. The van der Waals surface area contributed by atoms with Crippen LogP contribution < -0.4 is 0 Å². The highest BCUT2D eigenvalue weighted by Crippen LogP contribution is 2.64. The normalized spacial score (nSPS) is 48.5. The third-order valence-electron chi connectivity index (χ3n) is 7.88. The van der Waals surface area contributed by atoms with Gasteiger partial charge in [-0.2, -0.15) is 0 Å². The van der Waals surface area contributed by atoms with Crippen molar-refractivity contribution in [3.8, 4) is 0 Å². The third kappa shape index (κ3) is 1.89. The van der Waals surface area contributed by atoms with Gasteiger partial charge in [0.1, 0.15) is 0 Å². The summed E-state index contributed by atoms with van der Waals surface area (Å²) in [5.74, 6) is 0.304. The molecule has 0 saturated heterocycles. The summed E-state index contributed by atoms with van der Waals surface area (Å²) in [6.45, 7) is 6.20. The first-order valence-electron chi connectivity index (χ1n) is 9.43. The predicted octanol–water partition coefficient (Wildman–Crippen LogP) is 3.26. The molecule has 0 bridgehead atoms. The van der Waals surface area contributed by atoms with Gasteiger partial charge < -0.3 is 15.3 Å². The molecule has 4 aliphatic carbocycles. The van der Waals surface area contributed by atoms with Crippen molar-refractivity contribution in [2.45, 2.75) is 77.1 Å². The van der Waals surface area contributed by atoms with E-state index in [1.807, 2.05) is 0 Å². The fourth-order valence-electron chi connectivity index (χ4n) is 6.09. The lowest BCUT2D eigenvalue weighted by Gasteiger charge is -2.52. The number of fused-ring (bicyclic) bond motifs is 5. The molecule has 0 unspecified atom stereocenters. The summed E-state index contributed by atoms with van der Waals surface area (Å²) in [6.07, 6.45) is 10.9. The number of allylic oxidation sites excluding steroid dienone is 5. The maximum Gasteiger partial charge on any atom is 0.0964 e. The van der Waals surface area contributed by atoms with Crippen molar-refractivity contribution in [1.82, 2.24) is 0 Å². The Balaban J connectivity index is 1.79. The van der Waals surface area contributed by atoms with E-state index in [9.17, 15) is 15.3 Å². The monoisotopic (exact) mass is 330 g/mol. The average Bonchev–Trinajstić information content (AvgIpc) is 2.81. The van der Waals surface area contributed by atoms with Crippen LogP contribution in [-0.2, 0) is 0 Å². The molecule has 3 N–H and O–H groups in total. The molecular weight excluding hydrogens is 300 g/mol. The molecule has 0 aliphatic heterocycles. The van der Waals surface area contributed by atoms with Gasteiger partial charge in [0.15, 0.2) is 0 Å². The Hall–Kier alpha value is -0.900. The van der Waals surface area contributed by atoms with E-state index in [2.05, 4.69) is 32.1 Å². The molecule has 24 heavy (non-hydrogen) atoms. The van der Waals surface area contributed by atoms with Gasteiger partial charge in [0, 0.05) is 10.8 Å². The minimum atomic E-state index is -1.01. The van der Waals surface area contributed by atoms with Gasteiger partial charge in [-0.15, -0.1) is 0 Å². The molecule has 3 nitrogen and oxygen atoms in total. The molecule has 4 aliphatic rings. The topological polar surface area (TPSA) is 60.7 Å². The highest BCUT2D eigenvalue weighted by molar-refractivity contribution is 5.54. The number of rotatable bonds is 1. The van der Waals surface area contributed by atoms with Crippen molar-refractivity contribution in [1.29, 1.82) is 0 Å². The first-order valence-corrected chi connectivity index (χ1v) is 9.43. The predicted molar refractivity (Wildman–Crippen MR) is 94.3 cm³/mol. The lowest BCUT2D eigenvalue weighted by molar-refractivity contribution is -0.137. The molecule has 0 spiro atoms. The Bertz CT molecular complexity index is 658. The molecule has 6 atom stereocenters. The van der Waals surface area contributed by atoms with Crippen LogP contribution in [0, 0.1) is 16.7 Å². The zero-order valence-electron chi connectivity index (χ0n) is 15.0. The Morgan fingerprint density at radius 2 is 1.92 bits per heavy atom. The quantitative estimate of drug-likeness (QED) is 0.691. The Kier molecular flexibility index (Phi) is 3.49. The molecule has 0 aromatic rings. The largest absolute Gasteiger partial charge is 0.393 e. The summed E-state index contributed by atoms with van der Waals surface area (Å²) >= 11 is 0. The van der Waals surface area contributed by atoms with Gasteiger partial charge in [-0.3, -0.25) is 0 Å². The first kappa shape index (κ1) is 16.6. The van der Waals surface area contributed by atoms with Gasteiger partial charge in [-0.25, -0.2) is 0 Å². The van der Waals surface area contributed by atoms with Gasteiger partial charge in [0.25, 0.3) is 0 Å². The summed E-state index contributed by atoms with van der Waals surface area (Å²) in [7, 11) is 0. The Morgan fingerprint density at radius 1 is 1.17 bits per heavy atom. The van der Waals surface area contributed by atoms with Crippen LogP contribution in [0.25, 0.3) is 0 Å². The molecule has 132 valence electrons. The second-order valence-corrected chi connectivity index (χ2v) is 8.97. The highest BCUT2D eigenvalue weighted by Gasteiger charge is 2.61. The second kappa shape index (κ2) is 5.06. The lowest BCUT2D eigenvalue weighted by Crippen LogP contribution is -2.54. The van der Waals surface area contributed by atoms with E-state index in [1.165, 1.54) is 16.7 Å². The molecular formula is C21H30O3. The number of aliphatic hydroxyl groups excluding tert-OH is 2. The minimum absolute atomic E-state index is 0.0379. The van der Waals surface area contributed by atoms with E-state index in [-0.39, 0.29) is 16.9 Å². The average molecular weight is 330 g/mol. The van der Waals surface area contributed by atoms with Crippen molar-refractivity contribution < 1.29 is 15.3 Å². The fourth-order valence-corrected chi connectivity index (χ4v) is 6.09. The van der Waals surface area contributed by atoms with Crippen molar-refractivity contribution in [2.75, 3.05) is 0 Å². The van der Waals surface area contributed by atoms with Gasteiger partial charge >= 0.3 is 0 Å². The Labute approximate surface area is 144 Å². The van der Waals surface area contributed by atoms with Gasteiger partial charge in [0.05, 0.1) is 17.8 Å². The van der Waals surface area contributed by atoms with Crippen molar-refractivity contribution in [3.05, 3.63) is 34.9 Å². The zero-order chi connectivity index (χ0) is 17.3. The van der Waals surface area contributed by atoms with E-state index in [4.69, 9.17) is 0 Å². The maximum absolute atomic E-state index is 11.2. The van der Waals surface area contributed by atoms with Gasteiger partial charge in [0.2, 0.25) is 0 Å². The van der Waals surface area contributed by atoms with Crippen LogP contribution in [-0.4, -0.2) is 33.1 Å². The molecule has 3 heteroatoms. The van der Waals surface area contributed by atoms with E-state index < -0.39 is 11.7 Å². The van der Waals surface area contributed by atoms with Crippen LogP contribution in [0.2, 0.25) is 0 Å².